The average molecular weight is 385 g/mol. The lowest BCUT2D eigenvalue weighted by Gasteiger charge is -2.09. The molecule has 1 aromatic heterocycles. The molecule has 3 rings (SSSR count). The van der Waals surface area contributed by atoms with Crippen molar-refractivity contribution in [2.45, 2.75) is 32.2 Å². The van der Waals surface area contributed by atoms with Gasteiger partial charge < -0.3 is 14.8 Å². The van der Waals surface area contributed by atoms with Gasteiger partial charge in [-0.1, -0.05) is 12.1 Å². The standard InChI is InChI=1S/C21H24N2O3S/c1-25-16-11-15(12-17(13-16)26-2)14-22-20(24)9-5-6-10-21-23-18-7-3-4-8-19(18)27-21/h3-4,7-8,11-13H,5-6,9-10,14H2,1-2H3,(H,22,24). The highest BCUT2D eigenvalue weighted by Gasteiger charge is 2.06. The summed E-state index contributed by atoms with van der Waals surface area (Å²) in [5.41, 5.74) is 2.01. The molecule has 0 unspecified atom stereocenters. The van der Waals surface area contributed by atoms with E-state index in [9.17, 15) is 4.79 Å². The Bertz CT molecular complexity index is 852. The van der Waals surface area contributed by atoms with Crippen LogP contribution in [0, 0.1) is 0 Å². The number of ether oxygens (including phenoxy) is 2. The number of methoxy groups -OCH3 is 2. The SMILES string of the molecule is COc1cc(CNC(=O)CCCCc2nc3ccccc3s2)cc(OC)c1. The van der Waals surface area contributed by atoms with Gasteiger partial charge in [0.15, 0.2) is 0 Å². The highest BCUT2D eigenvalue weighted by Crippen LogP contribution is 2.23. The monoisotopic (exact) mass is 384 g/mol. The highest BCUT2D eigenvalue weighted by atomic mass is 32.1. The first-order chi connectivity index (χ1) is 13.2. The molecule has 0 fully saturated rings. The zero-order chi connectivity index (χ0) is 19.1. The predicted octanol–water partition coefficient (Wildman–Crippen LogP) is 4.34. The quantitative estimate of drug-likeness (QED) is 0.558. The van der Waals surface area contributed by atoms with E-state index in [1.54, 1.807) is 25.6 Å². The molecule has 3 aromatic rings. The molecule has 0 aliphatic rings. The third-order valence-corrected chi connectivity index (χ3v) is 5.38. The number of nitrogens with one attached hydrogen (secondary N) is 1. The molecule has 0 aliphatic carbocycles. The fourth-order valence-corrected chi connectivity index (χ4v) is 3.86. The fourth-order valence-electron chi connectivity index (χ4n) is 2.85. The number of fused-ring (bicyclic) bond motifs is 1. The molecule has 2 aromatic carbocycles. The molecule has 142 valence electrons. The number of rotatable bonds is 9. The lowest BCUT2D eigenvalue weighted by Crippen LogP contribution is -2.22. The molecule has 0 radical (unpaired) electrons. The van der Waals surface area contributed by atoms with Gasteiger partial charge in [-0.25, -0.2) is 4.98 Å². The first-order valence-corrected chi connectivity index (χ1v) is 9.82. The van der Waals surface area contributed by atoms with Crippen molar-refractivity contribution in [2.75, 3.05) is 14.2 Å². The maximum atomic E-state index is 12.1. The van der Waals surface area contributed by atoms with Crippen molar-refractivity contribution in [3.63, 3.8) is 0 Å². The zero-order valence-corrected chi connectivity index (χ0v) is 16.5. The number of thiazole rings is 1. The van der Waals surface area contributed by atoms with Gasteiger partial charge in [0, 0.05) is 19.0 Å². The minimum atomic E-state index is 0.0566. The molecule has 0 spiro atoms. The summed E-state index contributed by atoms with van der Waals surface area (Å²) < 4.78 is 11.7. The first-order valence-electron chi connectivity index (χ1n) is 9.01. The van der Waals surface area contributed by atoms with E-state index in [1.807, 2.05) is 36.4 Å². The third-order valence-electron chi connectivity index (χ3n) is 4.28. The number of para-hydroxylation sites is 1. The zero-order valence-electron chi connectivity index (χ0n) is 15.7. The summed E-state index contributed by atoms with van der Waals surface area (Å²) in [4.78, 5) is 16.7. The van der Waals surface area contributed by atoms with Gasteiger partial charge in [-0.3, -0.25) is 4.79 Å². The molecule has 27 heavy (non-hydrogen) atoms. The van der Waals surface area contributed by atoms with Gasteiger partial charge in [-0.2, -0.15) is 0 Å². The summed E-state index contributed by atoms with van der Waals surface area (Å²) in [6.07, 6.45) is 3.25. The minimum Gasteiger partial charge on any atom is -0.497 e. The number of aryl methyl sites for hydroxylation is 1. The van der Waals surface area contributed by atoms with Crippen molar-refractivity contribution in [3.8, 4) is 11.5 Å². The molecule has 1 amide bonds. The van der Waals surface area contributed by atoms with E-state index in [0.29, 0.717) is 13.0 Å². The maximum Gasteiger partial charge on any atom is 0.220 e. The summed E-state index contributed by atoms with van der Waals surface area (Å²) in [7, 11) is 3.23. The number of nitrogens with zero attached hydrogens (tertiary/aromatic N) is 1. The van der Waals surface area contributed by atoms with Crippen molar-refractivity contribution in [2.24, 2.45) is 0 Å². The Labute approximate surface area is 163 Å². The lowest BCUT2D eigenvalue weighted by atomic mass is 10.1. The van der Waals surface area contributed by atoms with Crippen LogP contribution in [0.25, 0.3) is 10.2 Å². The Morgan fingerprint density at radius 2 is 1.81 bits per heavy atom. The van der Waals surface area contributed by atoms with Gasteiger partial charge in [-0.15, -0.1) is 11.3 Å². The number of carbonyl (C=O) groups excluding carboxylic acids is 1. The second-order valence-electron chi connectivity index (χ2n) is 6.28. The van der Waals surface area contributed by atoms with E-state index < -0.39 is 0 Å². The Morgan fingerprint density at radius 1 is 1.07 bits per heavy atom. The molecule has 5 nitrogen and oxygen atoms in total. The maximum absolute atomic E-state index is 12.1. The first kappa shape index (κ1) is 19.2. The smallest absolute Gasteiger partial charge is 0.220 e. The van der Waals surface area contributed by atoms with E-state index in [4.69, 9.17) is 9.47 Å². The molecule has 6 heteroatoms. The molecule has 1 heterocycles. The fraction of sp³-hybridized carbons (Fsp3) is 0.333. The van der Waals surface area contributed by atoms with Crippen molar-refractivity contribution in [1.82, 2.24) is 10.3 Å². The van der Waals surface area contributed by atoms with Crippen LogP contribution in [-0.2, 0) is 17.8 Å². The second-order valence-corrected chi connectivity index (χ2v) is 7.40. The van der Waals surface area contributed by atoms with Crippen LogP contribution in [0.5, 0.6) is 11.5 Å². The number of unbranched alkanes of at least 4 members (excludes halogenated alkanes) is 1. The predicted molar refractivity (Wildman–Crippen MR) is 109 cm³/mol. The molecular weight excluding hydrogens is 360 g/mol. The van der Waals surface area contributed by atoms with Gasteiger partial charge in [-0.05, 0) is 49.1 Å². The number of amides is 1. The molecule has 1 N–H and O–H groups in total. The Hall–Kier alpha value is -2.60. The van der Waals surface area contributed by atoms with Crippen molar-refractivity contribution < 1.29 is 14.3 Å². The van der Waals surface area contributed by atoms with Crippen LogP contribution in [0.1, 0.15) is 29.8 Å². The van der Waals surface area contributed by atoms with Crippen LogP contribution in [0.4, 0.5) is 0 Å². The van der Waals surface area contributed by atoms with Gasteiger partial charge in [0.1, 0.15) is 11.5 Å². The van der Waals surface area contributed by atoms with E-state index >= 15 is 0 Å². The minimum absolute atomic E-state index is 0.0566. The summed E-state index contributed by atoms with van der Waals surface area (Å²) in [5.74, 6) is 1.49. The van der Waals surface area contributed by atoms with E-state index in [0.717, 1.165) is 46.8 Å². The van der Waals surface area contributed by atoms with Crippen LogP contribution >= 0.6 is 11.3 Å². The number of benzene rings is 2. The van der Waals surface area contributed by atoms with E-state index in [-0.39, 0.29) is 5.91 Å². The molecule has 0 saturated heterocycles. The number of carbonyl (C=O) groups is 1. The second kappa shape index (κ2) is 9.37. The third kappa shape index (κ3) is 5.44. The molecule has 0 saturated carbocycles. The van der Waals surface area contributed by atoms with Crippen LogP contribution in [0.2, 0.25) is 0 Å². The Kier molecular flexibility index (Phi) is 6.65. The topological polar surface area (TPSA) is 60.5 Å². The van der Waals surface area contributed by atoms with Gasteiger partial charge in [0.25, 0.3) is 0 Å². The summed E-state index contributed by atoms with van der Waals surface area (Å²) in [5, 5.41) is 4.10. The van der Waals surface area contributed by atoms with Gasteiger partial charge in [0.05, 0.1) is 29.4 Å². The molecule has 0 aliphatic heterocycles. The number of aromatic nitrogens is 1. The highest BCUT2D eigenvalue weighted by molar-refractivity contribution is 7.18. The molecular formula is C21H24N2O3S. The normalized spacial score (nSPS) is 10.7. The van der Waals surface area contributed by atoms with E-state index in [2.05, 4.69) is 16.4 Å². The van der Waals surface area contributed by atoms with Gasteiger partial charge in [0.2, 0.25) is 5.91 Å². The van der Waals surface area contributed by atoms with Crippen molar-refractivity contribution >= 4 is 27.5 Å². The van der Waals surface area contributed by atoms with Crippen LogP contribution in [0.15, 0.2) is 42.5 Å². The van der Waals surface area contributed by atoms with Crippen LogP contribution in [0.3, 0.4) is 0 Å². The lowest BCUT2D eigenvalue weighted by molar-refractivity contribution is -0.121. The summed E-state index contributed by atoms with van der Waals surface area (Å²) in [6, 6.07) is 13.8. The number of hydrogen-bond donors (Lipinski definition) is 1. The Balaban J connectivity index is 1.41. The summed E-state index contributed by atoms with van der Waals surface area (Å²) in [6.45, 7) is 0.463. The average Bonchev–Trinajstić information content (AvgIpc) is 3.12. The van der Waals surface area contributed by atoms with Gasteiger partial charge >= 0.3 is 0 Å². The Morgan fingerprint density at radius 3 is 2.52 bits per heavy atom. The van der Waals surface area contributed by atoms with Crippen molar-refractivity contribution in [3.05, 3.63) is 53.0 Å². The summed E-state index contributed by atoms with van der Waals surface area (Å²) >= 11 is 1.74. The van der Waals surface area contributed by atoms with E-state index in [1.165, 1.54) is 4.70 Å². The number of hydrogen-bond acceptors (Lipinski definition) is 5. The van der Waals surface area contributed by atoms with Crippen molar-refractivity contribution in [1.29, 1.82) is 0 Å². The molecule has 0 bridgehead atoms. The van der Waals surface area contributed by atoms with Crippen LogP contribution in [-0.4, -0.2) is 25.1 Å². The molecule has 0 atom stereocenters. The largest absolute Gasteiger partial charge is 0.497 e. The van der Waals surface area contributed by atoms with Crippen LogP contribution < -0.4 is 14.8 Å².